The van der Waals surface area contributed by atoms with Gasteiger partial charge in [-0.2, -0.15) is 5.10 Å². The first-order chi connectivity index (χ1) is 10.8. The van der Waals surface area contributed by atoms with Crippen molar-refractivity contribution >= 4 is 5.69 Å². The first-order valence-electron chi connectivity index (χ1n) is 7.09. The van der Waals surface area contributed by atoms with Crippen LogP contribution >= 0.6 is 0 Å². The summed E-state index contributed by atoms with van der Waals surface area (Å²) in [7, 11) is 1.68. The van der Waals surface area contributed by atoms with E-state index >= 15 is 0 Å². The van der Waals surface area contributed by atoms with Crippen molar-refractivity contribution in [2.75, 3.05) is 12.4 Å². The number of hydrogen-bond acceptors (Lipinski definition) is 4. The summed E-state index contributed by atoms with van der Waals surface area (Å²) in [6.45, 7) is 2.81. The predicted octanol–water partition coefficient (Wildman–Crippen LogP) is 3.20. The van der Waals surface area contributed by atoms with Crippen molar-refractivity contribution in [1.29, 1.82) is 0 Å². The Labute approximate surface area is 129 Å². The second-order valence-corrected chi connectivity index (χ2v) is 5.01. The highest BCUT2D eigenvalue weighted by Crippen LogP contribution is 2.24. The molecule has 3 rings (SSSR count). The minimum Gasteiger partial charge on any atom is -0.495 e. The van der Waals surface area contributed by atoms with Crippen LogP contribution in [0.4, 0.5) is 5.69 Å². The third-order valence-electron chi connectivity index (χ3n) is 3.52. The van der Waals surface area contributed by atoms with Crippen molar-refractivity contribution in [1.82, 2.24) is 14.8 Å². The predicted molar refractivity (Wildman–Crippen MR) is 86.4 cm³/mol. The number of rotatable bonds is 5. The summed E-state index contributed by atoms with van der Waals surface area (Å²) < 4.78 is 7.12. The minimum absolute atomic E-state index is 0.735. The molecule has 0 amide bonds. The van der Waals surface area contributed by atoms with Crippen molar-refractivity contribution in [3.8, 4) is 11.4 Å². The summed E-state index contributed by atoms with van der Waals surface area (Å²) in [4.78, 5) is 3.98. The zero-order valence-corrected chi connectivity index (χ0v) is 12.7. The van der Waals surface area contributed by atoms with Gasteiger partial charge in [0.15, 0.2) is 0 Å². The maximum atomic E-state index is 5.34. The van der Waals surface area contributed by atoms with Crippen molar-refractivity contribution in [2.24, 2.45) is 0 Å². The Morgan fingerprint density at radius 2 is 2.05 bits per heavy atom. The lowest BCUT2D eigenvalue weighted by Gasteiger charge is -2.12. The molecule has 2 aromatic carbocycles. The van der Waals surface area contributed by atoms with E-state index in [1.807, 2.05) is 24.3 Å². The van der Waals surface area contributed by atoms with Gasteiger partial charge in [0, 0.05) is 6.54 Å². The molecular weight excluding hydrogens is 276 g/mol. The lowest BCUT2D eigenvalue weighted by Crippen LogP contribution is -2.03. The van der Waals surface area contributed by atoms with Crippen LogP contribution in [0.15, 0.2) is 55.1 Å². The largest absolute Gasteiger partial charge is 0.495 e. The zero-order valence-electron chi connectivity index (χ0n) is 12.7. The van der Waals surface area contributed by atoms with Crippen LogP contribution in [0.2, 0.25) is 0 Å². The molecule has 22 heavy (non-hydrogen) atoms. The van der Waals surface area contributed by atoms with E-state index in [1.165, 1.54) is 11.9 Å². The van der Waals surface area contributed by atoms with Gasteiger partial charge in [0.25, 0.3) is 0 Å². The fourth-order valence-electron chi connectivity index (χ4n) is 2.41. The fourth-order valence-corrected chi connectivity index (χ4v) is 2.41. The van der Waals surface area contributed by atoms with Crippen LogP contribution in [0.3, 0.4) is 0 Å². The molecule has 0 unspecified atom stereocenters. The van der Waals surface area contributed by atoms with Crippen molar-refractivity contribution < 1.29 is 4.74 Å². The Morgan fingerprint density at radius 3 is 2.77 bits per heavy atom. The molecule has 0 aliphatic rings. The van der Waals surface area contributed by atoms with Gasteiger partial charge in [0.1, 0.15) is 18.4 Å². The van der Waals surface area contributed by atoms with E-state index in [2.05, 4.69) is 40.5 Å². The third-order valence-corrected chi connectivity index (χ3v) is 3.52. The van der Waals surface area contributed by atoms with Crippen LogP contribution in [0.25, 0.3) is 5.69 Å². The molecule has 0 saturated carbocycles. The Morgan fingerprint density at radius 1 is 1.18 bits per heavy atom. The summed E-state index contributed by atoms with van der Waals surface area (Å²) in [5.74, 6) is 0.846. The van der Waals surface area contributed by atoms with E-state index in [1.54, 1.807) is 18.1 Å². The van der Waals surface area contributed by atoms with Gasteiger partial charge >= 0.3 is 0 Å². The molecule has 0 spiro atoms. The van der Waals surface area contributed by atoms with E-state index in [4.69, 9.17) is 4.74 Å². The van der Waals surface area contributed by atoms with Gasteiger partial charge in [-0.3, -0.25) is 0 Å². The fraction of sp³-hybridized carbons (Fsp3) is 0.176. The molecule has 0 saturated heterocycles. The lowest BCUT2D eigenvalue weighted by molar-refractivity contribution is 0.416. The Hall–Kier alpha value is -2.82. The number of ether oxygens (including phenoxy) is 1. The first kappa shape index (κ1) is 14.1. The normalized spacial score (nSPS) is 10.5. The highest BCUT2D eigenvalue weighted by atomic mass is 16.5. The second-order valence-electron chi connectivity index (χ2n) is 5.01. The van der Waals surface area contributed by atoms with Gasteiger partial charge < -0.3 is 10.1 Å². The number of nitrogens with one attached hydrogen (secondary N) is 1. The van der Waals surface area contributed by atoms with E-state index < -0.39 is 0 Å². The third kappa shape index (κ3) is 2.93. The SMILES string of the molecule is COc1ccccc1NCc1ccc(-n2cncn2)c(C)c1. The van der Waals surface area contributed by atoms with Gasteiger partial charge in [-0.15, -0.1) is 0 Å². The van der Waals surface area contributed by atoms with Crippen LogP contribution in [0.1, 0.15) is 11.1 Å². The maximum absolute atomic E-state index is 5.34. The average Bonchev–Trinajstić information content (AvgIpc) is 3.07. The first-order valence-corrected chi connectivity index (χ1v) is 7.09. The molecular formula is C17H18N4O. The molecule has 112 valence electrons. The van der Waals surface area contributed by atoms with Gasteiger partial charge in [-0.25, -0.2) is 9.67 Å². The molecule has 0 aliphatic carbocycles. The molecule has 5 nitrogen and oxygen atoms in total. The van der Waals surface area contributed by atoms with Crippen LogP contribution < -0.4 is 10.1 Å². The number of hydrogen-bond donors (Lipinski definition) is 1. The molecule has 0 bridgehead atoms. The average molecular weight is 294 g/mol. The second kappa shape index (κ2) is 6.30. The van der Waals surface area contributed by atoms with Crippen molar-refractivity contribution in [2.45, 2.75) is 13.5 Å². The summed E-state index contributed by atoms with van der Waals surface area (Å²) in [5.41, 5.74) is 4.39. The molecule has 3 aromatic rings. The number of nitrogens with zero attached hydrogens (tertiary/aromatic N) is 3. The van der Waals surface area contributed by atoms with Gasteiger partial charge in [-0.1, -0.05) is 24.3 Å². The number of benzene rings is 2. The quantitative estimate of drug-likeness (QED) is 0.785. The standard InChI is InChI=1S/C17H18N4O/c1-13-9-14(7-8-16(13)21-12-18-11-20-21)10-19-15-5-3-4-6-17(15)22-2/h3-9,11-12,19H,10H2,1-2H3. The van der Waals surface area contributed by atoms with Crippen LogP contribution in [0, 0.1) is 6.92 Å². The Balaban J connectivity index is 1.75. The van der Waals surface area contributed by atoms with E-state index in [9.17, 15) is 0 Å². The van der Waals surface area contributed by atoms with Crippen LogP contribution in [-0.4, -0.2) is 21.9 Å². The summed E-state index contributed by atoms with van der Waals surface area (Å²) >= 11 is 0. The monoisotopic (exact) mass is 294 g/mol. The Kier molecular flexibility index (Phi) is 4.05. The molecule has 0 radical (unpaired) electrons. The summed E-state index contributed by atoms with van der Waals surface area (Å²) in [6, 6.07) is 14.2. The molecule has 1 N–H and O–H groups in total. The molecule has 0 aliphatic heterocycles. The number of anilines is 1. The molecule has 0 fully saturated rings. The minimum atomic E-state index is 0.735. The smallest absolute Gasteiger partial charge is 0.141 e. The van der Waals surface area contributed by atoms with Gasteiger partial charge in [0.2, 0.25) is 0 Å². The van der Waals surface area contributed by atoms with Crippen LogP contribution in [-0.2, 0) is 6.54 Å². The number of aromatic nitrogens is 3. The number of para-hydroxylation sites is 2. The van der Waals surface area contributed by atoms with E-state index in [0.29, 0.717) is 0 Å². The molecule has 0 atom stereocenters. The van der Waals surface area contributed by atoms with E-state index in [0.717, 1.165) is 29.2 Å². The Bertz CT molecular complexity index is 753. The molecule has 1 heterocycles. The molecule has 5 heteroatoms. The van der Waals surface area contributed by atoms with Crippen molar-refractivity contribution in [3.05, 3.63) is 66.2 Å². The summed E-state index contributed by atoms with van der Waals surface area (Å²) in [5, 5.41) is 7.57. The summed E-state index contributed by atoms with van der Waals surface area (Å²) in [6.07, 6.45) is 3.24. The molecule has 1 aromatic heterocycles. The van der Waals surface area contributed by atoms with E-state index in [-0.39, 0.29) is 0 Å². The number of methoxy groups -OCH3 is 1. The zero-order chi connectivity index (χ0) is 15.4. The highest BCUT2D eigenvalue weighted by Gasteiger charge is 2.05. The lowest BCUT2D eigenvalue weighted by atomic mass is 10.1. The topological polar surface area (TPSA) is 52.0 Å². The van der Waals surface area contributed by atoms with Gasteiger partial charge in [-0.05, 0) is 36.2 Å². The maximum Gasteiger partial charge on any atom is 0.141 e. The van der Waals surface area contributed by atoms with Gasteiger partial charge in [0.05, 0.1) is 18.5 Å². The highest BCUT2D eigenvalue weighted by molar-refractivity contribution is 5.56. The van der Waals surface area contributed by atoms with Crippen molar-refractivity contribution in [3.63, 3.8) is 0 Å². The van der Waals surface area contributed by atoms with Crippen LogP contribution in [0.5, 0.6) is 5.75 Å². The number of aryl methyl sites for hydroxylation is 1.